The van der Waals surface area contributed by atoms with Crippen LogP contribution in [-0.4, -0.2) is 0 Å². The Bertz CT molecular complexity index is 173. The van der Waals surface area contributed by atoms with Crippen LogP contribution in [0.1, 0.15) is 11.1 Å². The Morgan fingerprint density at radius 3 is 1.67 bits per heavy atom. The summed E-state index contributed by atoms with van der Waals surface area (Å²) in [5.41, 5.74) is 2.97. The van der Waals surface area contributed by atoms with Gasteiger partial charge in [-0.2, -0.15) is 0 Å². The highest BCUT2D eigenvalue weighted by molar-refractivity contribution is 5.37. The molecule has 0 saturated heterocycles. The molecule has 2 heteroatoms. The number of hydrogen-bond donors (Lipinski definition) is 1. The molecule has 2 bridgehead atoms. The zero-order chi connectivity index (χ0) is 4.69. The molecule has 0 aromatic heterocycles. The van der Waals surface area contributed by atoms with Crippen molar-refractivity contribution < 1.29 is 12.4 Å². The zero-order valence-corrected chi connectivity index (χ0v) is 6.15. The molecule has 0 saturated carbocycles. The molecule has 2 aliphatic rings. The van der Waals surface area contributed by atoms with Crippen LogP contribution in [0.3, 0.4) is 0 Å². The van der Waals surface area contributed by atoms with Crippen LogP contribution in [0.25, 0.3) is 0 Å². The first-order valence-corrected chi connectivity index (χ1v) is 2.53. The summed E-state index contributed by atoms with van der Waals surface area (Å²) in [6.07, 6.45) is 1.22. The molecule has 0 unspecified atom stereocenters. The number of rotatable bonds is 0. The second-order valence-corrected chi connectivity index (χ2v) is 2.00. The SMILES string of the molecule is [Cl-].[NH4+].c1cc2cc(c1)C2. The van der Waals surface area contributed by atoms with Crippen LogP contribution >= 0.6 is 0 Å². The lowest BCUT2D eigenvalue weighted by Gasteiger charge is -2.11. The van der Waals surface area contributed by atoms with Crippen molar-refractivity contribution in [2.24, 2.45) is 0 Å². The summed E-state index contributed by atoms with van der Waals surface area (Å²) in [5.74, 6) is 0. The van der Waals surface area contributed by atoms with E-state index in [1.165, 1.54) is 17.5 Å². The maximum atomic E-state index is 2.22. The van der Waals surface area contributed by atoms with Crippen molar-refractivity contribution in [2.45, 2.75) is 6.42 Å². The largest absolute Gasteiger partial charge is 1.00 e. The van der Waals surface area contributed by atoms with Gasteiger partial charge in [0.1, 0.15) is 0 Å². The third kappa shape index (κ3) is 1.23. The van der Waals surface area contributed by atoms with Crippen molar-refractivity contribution in [3.63, 3.8) is 0 Å². The minimum absolute atomic E-state index is 0. The van der Waals surface area contributed by atoms with Crippen molar-refractivity contribution in [1.82, 2.24) is 6.15 Å². The smallest absolute Gasteiger partial charge is 0.00256 e. The summed E-state index contributed by atoms with van der Waals surface area (Å²) in [7, 11) is 0. The fraction of sp³-hybridized carbons (Fsp3) is 0.143. The monoisotopic (exact) mass is 143 g/mol. The lowest BCUT2D eigenvalue weighted by atomic mass is 9.94. The summed E-state index contributed by atoms with van der Waals surface area (Å²) in [5, 5.41) is 0. The molecule has 0 radical (unpaired) electrons. The van der Waals surface area contributed by atoms with Gasteiger partial charge in [0.2, 0.25) is 0 Å². The number of halogens is 1. The van der Waals surface area contributed by atoms with E-state index >= 15 is 0 Å². The molecule has 1 aromatic carbocycles. The first kappa shape index (κ1) is 8.47. The van der Waals surface area contributed by atoms with Crippen LogP contribution in [0.2, 0.25) is 0 Å². The molecule has 50 valence electrons. The van der Waals surface area contributed by atoms with Gasteiger partial charge in [-0.1, -0.05) is 24.3 Å². The summed E-state index contributed by atoms with van der Waals surface area (Å²) in [4.78, 5) is 0. The van der Waals surface area contributed by atoms with E-state index in [1.54, 1.807) is 0 Å². The standard InChI is InChI=1S/C7H6.ClH.H3N/c1-2-6-4-7(3-1)5-6;;/h1-4H,5H2;1H;1H3. The molecule has 0 aliphatic heterocycles. The van der Waals surface area contributed by atoms with E-state index in [-0.39, 0.29) is 18.6 Å². The number of quaternary nitrogens is 1. The van der Waals surface area contributed by atoms with Crippen LogP contribution in [-0.2, 0) is 6.42 Å². The molecule has 0 atom stereocenters. The third-order valence-corrected chi connectivity index (χ3v) is 1.40. The molecule has 0 heterocycles. The molecular formula is C7H10ClN. The summed E-state index contributed by atoms with van der Waals surface area (Å²) >= 11 is 0. The number of benzene rings is 1. The fourth-order valence-corrected chi connectivity index (χ4v) is 0.954. The molecule has 0 spiro atoms. The molecule has 9 heavy (non-hydrogen) atoms. The molecule has 4 N–H and O–H groups in total. The predicted molar refractivity (Wildman–Crippen MR) is 35.2 cm³/mol. The fourth-order valence-electron chi connectivity index (χ4n) is 0.954. The van der Waals surface area contributed by atoms with Gasteiger partial charge >= 0.3 is 0 Å². The van der Waals surface area contributed by atoms with E-state index in [1.807, 2.05) is 0 Å². The van der Waals surface area contributed by atoms with Crippen molar-refractivity contribution in [3.05, 3.63) is 35.4 Å². The molecule has 3 rings (SSSR count). The minimum atomic E-state index is 0. The van der Waals surface area contributed by atoms with Crippen molar-refractivity contribution in [2.75, 3.05) is 0 Å². The van der Waals surface area contributed by atoms with Crippen LogP contribution in [0.5, 0.6) is 0 Å². The highest BCUT2D eigenvalue weighted by Crippen LogP contribution is 2.18. The number of hydrogen-bond acceptors (Lipinski definition) is 0. The van der Waals surface area contributed by atoms with Crippen LogP contribution in [0.15, 0.2) is 24.3 Å². The highest BCUT2D eigenvalue weighted by Gasteiger charge is 2.04. The van der Waals surface area contributed by atoms with Gasteiger partial charge < -0.3 is 18.6 Å². The Balaban J connectivity index is 0.000000320. The van der Waals surface area contributed by atoms with Gasteiger partial charge in [-0.25, -0.2) is 0 Å². The predicted octanol–water partition coefficient (Wildman–Crippen LogP) is -1.03. The molecular weight excluding hydrogens is 134 g/mol. The first-order valence-electron chi connectivity index (χ1n) is 2.53. The van der Waals surface area contributed by atoms with Crippen molar-refractivity contribution in [1.29, 1.82) is 0 Å². The second-order valence-electron chi connectivity index (χ2n) is 2.00. The van der Waals surface area contributed by atoms with Gasteiger partial charge in [0.25, 0.3) is 0 Å². The van der Waals surface area contributed by atoms with E-state index < -0.39 is 0 Å². The van der Waals surface area contributed by atoms with Gasteiger partial charge in [-0.3, -0.25) is 0 Å². The van der Waals surface area contributed by atoms with Crippen LogP contribution in [0, 0.1) is 0 Å². The van der Waals surface area contributed by atoms with Gasteiger partial charge in [-0.05, 0) is 17.5 Å². The summed E-state index contributed by atoms with van der Waals surface area (Å²) in [6.45, 7) is 0. The molecule has 0 fully saturated rings. The number of fused-ring (bicyclic) bond motifs is 2. The van der Waals surface area contributed by atoms with Gasteiger partial charge in [-0.15, -0.1) is 0 Å². The van der Waals surface area contributed by atoms with E-state index in [0.717, 1.165) is 0 Å². The molecule has 2 aliphatic carbocycles. The van der Waals surface area contributed by atoms with Gasteiger partial charge in [0.05, 0.1) is 0 Å². The topological polar surface area (TPSA) is 36.5 Å². The maximum absolute atomic E-state index is 2.22. The van der Waals surface area contributed by atoms with E-state index in [4.69, 9.17) is 0 Å². The van der Waals surface area contributed by atoms with Crippen LogP contribution in [0.4, 0.5) is 0 Å². The average Bonchev–Trinajstić information content (AvgIpc) is 1.67. The maximum Gasteiger partial charge on any atom is -0.00256 e. The van der Waals surface area contributed by atoms with Gasteiger partial charge in [0, 0.05) is 0 Å². The highest BCUT2D eigenvalue weighted by atomic mass is 35.5. The molecule has 0 amide bonds. The Kier molecular flexibility index (Phi) is 2.68. The Hall–Kier alpha value is -0.530. The van der Waals surface area contributed by atoms with Gasteiger partial charge in [0.15, 0.2) is 0 Å². The normalized spacial score (nSPS) is 10.2. The van der Waals surface area contributed by atoms with E-state index in [0.29, 0.717) is 0 Å². The average molecular weight is 144 g/mol. The lowest BCUT2D eigenvalue weighted by molar-refractivity contribution is -0.00000187. The zero-order valence-electron chi connectivity index (χ0n) is 5.39. The third-order valence-electron chi connectivity index (χ3n) is 1.40. The lowest BCUT2D eigenvalue weighted by Crippen LogP contribution is -3.00. The van der Waals surface area contributed by atoms with Crippen molar-refractivity contribution in [3.8, 4) is 0 Å². The van der Waals surface area contributed by atoms with Crippen LogP contribution < -0.4 is 18.6 Å². The van der Waals surface area contributed by atoms with E-state index in [9.17, 15) is 0 Å². The minimum Gasteiger partial charge on any atom is -1.00 e. The summed E-state index contributed by atoms with van der Waals surface area (Å²) in [6, 6.07) is 8.65. The molecule has 1 nitrogen and oxygen atoms in total. The Labute approximate surface area is 61.1 Å². The second kappa shape index (κ2) is 2.85. The molecule has 1 aromatic rings. The summed E-state index contributed by atoms with van der Waals surface area (Å²) < 4.78 is 0. The van der Waals surface area contributed by atoms with Crippen molar-refractivity contribution >= 4 is 0 Å². The Morgan fingerprint density at radius 1 is 1.11 bits per heavy atom. The quantitative estimate of drug-likeness (QED) is 0.490. The van der Waals surface area contributed by atoms with E-state index in [2.05, 4.69) is 24.3 Å². The Morgan fingerprint density at radius 2 is 1.56 bits per heavy atom. The first-order chi connectivity index (χ1) is 3.45.